The predicted octanol–water partition coefficient (Wildman–Crippen LogP) is 5.58. The Hall–Kier alpha value is -4.10. The first-order chi connectivity index (χ1) is 15.8. The first-order valence-electron chi connectivity index (χ1n) is 10.0. The summed E-state index contributed by atoms with van der Waals surface area (Å²) in [6.45, 7) is 0.332. The van der Waals surface area contributed by atoms with E-state index in [0.29, 0.717) is 28.7 Å². The van der Waals surface area contributed by atoms with Gasteiger partial charge in [-0.05, 0) is 36.4 Å². The van der Waals surface area contributed by atoms with Gasteiger partial charge in [0.25, 0.3) is 5.91 Å². The van der Waals surface area contributed by atoms with Crippen molar-refractivity contribution in [3.63, 3.8) is 0 Å². The van der Waals surface area contributed by atoms with Gasteiger partial charge in [-0.15, -0.1) is 11.3 Å². The summed E-state index contributed by atoms with van der Waals surface area (Å²) in [6, 6.07) is 24.5. The number of nitrogens with one attached hydrogen (secondary N) is 1. The normalized spacial score (nSPS) is 10.8. The average molecular weight is 439 g/mol. The zero-order valence-corrected chi connectivity index (χ0v) is 17.8. The van der Waals surface area contributed by atoms with E-state index in [1.807, 2.05) is 78.2 Å². The minimum absolute atomic E-state index is 0.245. The Bertz CT molecular complexity index is 1370. The molecule has 156 valence electrons. The van der Waals surface area contributed by atoms with Crippen LogP contribution in [0, 0.1) is 0 Å². The van der Waals surface area contributed by atoms with E-state index in [1.54, 1.807) is 12.3 Å². The van der Waals surface area contributed by atoms with Crippen LogP contribution in [0.4, 0.5) is 5.13 Å². The van der Waals surface area contributed by atoms with Gasteiger partial charge in [0, 0.05) is 17.0 Å². The van der Waals surface area contributed by atoms with Crippen molar-refractivity contribution in [3.8, 4) is 17.1 Å². The third-order valence-corrected chi connectivity index (χ3v) is 5.60. The van der Waals surface area contributed by atoms with E-state index in [2.05, 4.69) is 20.3 Å². The van der Waals surface area contributed by atoms with Crippen LogP contribution >= 0.6 is 11.3 Å². The van der Waals surface area contributed by atoms with Crippen LogP contribution in [0.25, 0.3) is 22.3 Å². The molecular formula is C25H18N4O2S. The van der Waals surface area contributed by atoms with Crippen LogP contribution in [-0.4, -0.2) is 20.9 Å². The highest BCUT2D eigenvalue weighted by atomic mass is 32.1. The van der Waals surface area contributed by atoms with E-state index < -0.39 is 0 Å². The molecule has 0 aliphatic carbocycles. The van der Waals surface area contributed by atoms with Gasteiger partial charge in [0.1, 0.15) is 12.4 Å². The van der Waals surface area contributed by atoms with Crippen LogP contribution in [0.2, 0.25) is 0 Å². The van der Waals surface area contributed by atoms with E-state index in [-0.39, 0.29) is 5.91 Å². The molecule has 5 rings (SSSR count). The van der Waals surface area contributed by atoms with Gasteiger partial charge >= 0.3 is 0 Å². The molecule has 1 amide bonds. The summed E-state index contributed by atoms with van der Waals surface area (Å²) in [6.07, 6.45) is 1.71. The number of aromatic nitrogens is 3. The number of carbonyl (C=O) groups excluding carboxylic acids is 1. The highest BCUT2D eigenvalue weighted by Crippen LogP contribution is 2.25. The van der Waals surface area contributed by atoms with Crippen molar-refractivity contribution in [2.75, 3.05) is 5.32 Å². The molecule has 3 heterocycles. The minimum Gasteiger partial charge on any atom is -0.487 e. The first kappa shape index (κ1) is 19.8. The molecule has 0 aliphatic rings. The molecule has 0 spiro atoms. The fraction of sp³-hybridized carbons (Fsp3) is 0.0400. The number of hydrogen-bond donors (Lipinski definition) is 1. The number of pyridine rings is 2. The van der Waals surface area contributed by atoms with Crippen molar-refractivity contribution >= 4 is 33.3 Å². The minimum atomic E-state index is -0.245. The molecule has 0 saturated carbocycles. The van der Waals surface area contributed by atoms with Crippen LogP contribution in [0.1, 0.15) is 16.1 Å². The molecule has 0 saturated heterocycles. The van der Waals surface area contributed by atoms with Gasteiger partial charge in [0.2, 0.25) is 0 Å². The topological polar surface area (TPSA) is 77.0 Å². The van der Waals surface area contributed by atoms with Crippen LogP contribution < -0.4 is 10.1 Å². The lowest BCUT2D eigenvalue weighted by molar-refractivity contribution is 0.102. The molecule has 0 fully saturated rings. The highest BCUT2D eigenvalue weighted by molar-refractivity contribution is 7.14. The quantitative estimate of drug-likeness (QED) is 0.374. The monoisotopic (exact) mass is 438 g/mol. The molecule has 1 N–H and O–H groups in total. The van der Waals surface area contributed by atoms with E-state index in [0.717, 1.165) is 22.3 Å². The Balaban J connectivity index is 1.39. The zero-order valence-electron chi connectivity index (χ0n) is 16.9. The Morgan fingerprint density at radius 1 is 0.906 bits per heavy atom. The summed E-state index contributed by atoms with van der Waals surface area (Å²) in [5.74, 6) is 0.530. The Kier molecular flexibility index (Phi) is 5.55. The van der Waals surface area contributed by atoms with Crippen LogP contribution in [0.5, 0.6) is 5.75 Å². The molecule has 32 heavy (non-hydrogen) atoms. The van der Waals surface area contributed by atoms with Gasteiger partial charge < -0.3 is 4.74 Å². The van der Waals surface area contributed by atoms with Crippen LogP contribution in [0.3, 0.4) is 0 Å². The van der Waals surface area contributed by atoms with Crippen molar-refractivity contribution in [3.05, 3.63) is 102 Å². The largest absolute Gasteiger partial charge is 0.487 e. The molecule has 0 atom stereocenters. The molecule has 0 aliphatic heterocycles. The molecule has 2 aromatic carbocycles. The third kappa shape index (κ3) is 4.33. The lowest BCUT2D eigenvalue weighted by Crippen LogP contribution is -2.13. The number of thiazole rings is 1. The fourth-order valence-electron chi connectivity index (χ4n) is 3.28. The van der Waals surface area contributed by atoms with E-state index in [1.165, 1.54) is 11.3 Å². The maximum atomic E-state index is 13.2. The smallest absolute Gasteiger partial charge is 0.258 e. The molecule has 0 radical (unpaired) electrons. The number of carbonyl (C=O) groups is 1. The molecular weight excluding hydrogens is 420 g/mol. The van der Waals surface area contributed by atoms with Crippen molar-refractivity contribution < 1.29 is 9.53 Å². The number of rotatable bonds is 6. The van der Waals surface area contributed by atoms with E-state index >= 15 is 0 Å². The number of para-hydroxylation sites is 2. The second-order valence-electron chi connectivity index (χ2n) is 6.99. The van der Waals surface area contributed by atoms with Crippen LogP contribution in [0.15, 0.2) is 90.4 Å². The highest BCUT2D eigenvalue weighted by Gasteiger charge is 2.16. The standard InChI is InChI=1S/C25H18N4O2S/c30-24(29-25-27-17(16-32-25)15-31-18-8-2-1-3-9-18)20-14-23(22-12-6-7-13-26-22)28-21-11-5-4-10-19(20)21/h1-14,16H,15H2,(H,27,29,30). The molecule has 6 nitrogen and oxygen atoms in total. The number of hydrogen-bond acceptors (Lipinski definition) is 6. The maximum absolute atomic E-state index is 13.2. The van der Waals surface area contributed by atoms with Gasteiger partial charge in [0.15, 0.2) is 5.13 Å². The Labute approximate surface area is 188 Å². The SMILES string of the molecule is O=C(Nc1nc(COc2ccccc2)cs1)c1cc(-c2ccccn2)nc2ccccc12. The summed E-state index contributed by atoms with van der Waals surface area (Å²) < 4.78 is 5.73. The predicted molar refractivity (Wildman–Crippen MR) is 126 cm³/mol. The molecule has 0 unspecified atom stereocenters. The maximum Gasteiger partial charge on any atom is 0.258 e. The summed E-state index contributed by atoms with van der Waals surface area (Å²) in [7, 11) is 0. The molecule has 5 aromatic rings. The molecule has 0 bridgehead atoms. The van der Waals surface area contributed by atoms with Crippen molar-refractivity contribution in [1.82, 2.24) is 15.0 Å². The fourth-order valence-corrected chi connectivity index (χ4v) is 3.97. The summed E-state index contributed by atoms with van der Waals surface area (Å²) in [5, 5.41) is 6.08. The number of benzene rings is 2. The lowest BCUT2D eigenvalue weighted by atomic mass is 10.1. The summed E-state index contributed by atoms with van der Waals surface area (Å²) in [5.41, 5.74) is 3.36. The lowest BCUT2D eigenvalue weighted by Gasteiger charge is -2.09. The van der Waals surface area contributed by atoms with E-state index in [4.69, 9.17) is 4.74 Å². The summed E-state index contributed by atoms with van der Waals surface area (Å²) >= 11 is 1.36. The number of amides is 1. The Morgan fingerprint density at radius 3 is 2.56 bits per heavy atom. The second kappa shape index (κ2) is 8.95. The van der Waals surface area contributed by atoms with E-state index in [9.17, 15) is 4.79 Å². The number of nitrogens with zero attached hydrogens (tertiary/aromatic N) is 3. The van der Waals surface area contributed by atoms with Crippen molar-refractivity contribution in [2.45, 2.75) is 6.61 Å². The molecule has 7 heteroatoms. The van der Waals surface area contributed by atoms with Gasteiger partial charge in [-0.25, -0.2) is 9.97 Å². The Morgan fingerprint density at radius 2 is 1.72 bits per heavy atom. The summed E-state index contributed by atoms with van der Waals surface area (Å²) in [4.78, 5) is 26.7. The second-order valence-corrected chi connectivity index (χ2v) is 7.85. The van der Waals surface area contributed by atoms with Crippen LogP contribution in [-0.2, 0) is 6.61 Å². The number of ether oxygens (including phenoxy) is 1. The van der Waals surface area contributed by atoms with Crippen molar-refractivity contribution in [2.24, 2.45) is 0 Å². The number of anilines is 1. The average Bonchev–Trinajstić information content (AvgIpc) is 3.30. The van der Waals surface area contributed by atoms with Gasteiger partial charge in [0.05, 0.1) is 28.2 Å². The van der Waals surface area contributed by atoms with Crippen molar-refractivity contribution in [1.29, 1.82) is 0 Å². The zero-order chi connectivity index (χ0) is 21.8. The first-order valence-corrected chi connectivity index (χ1v) is 10.9. The molecule has 3 aromatic heterocycles. The van der Waals surface area contributed by atoms with Gasteiger partial charge in [-0.3, -0.25) is 15.1 Å². The van der Waals surface area contributed by atoms with Gasteiger partial charge in [-0.2, -0.15) is 0 Å². The third-order valence-electron chi connectivity index (χ3n) is 4.79. The number of fused-ring (bicyclic) bond motifs is 1. The van der Waals surface area contributed by atoms with Gasteiger partial charge in [-0.1, -0.05) is 42.5 Å².